The van der Waals surface area contributed by atoms with Gasteiger partial charge in [0.15, 0.2) is 5.78 Å². The molecule has 274 valence electrons. The van der Waals surface area contributed by atoms with Crippen LogP contribution in [0.4, 0.5) is 0 Å². The van der Waals surface area contributed by atoms with E-state index in [0.717, 1.165) is 92.9 Å². The number of allylic oxidation sites excluding steroid dienone is 23. The predicted octanol–water partition coefficient (Wildman–Crippen LogP) is 15.6. The van der Waals surface area contributed by atoms with Crippen LogP contribution in [0.2, 0.25) is 0 Å². The number of ketones is 1. The Bertz CT molecular complexity index is 1470. The second-order valence-corrected chi connectivity index (χ2v) is 14.7. The third-order valence-electron chi connectivity index (χ3n) is 9.66. The van der Waals surface area contributed by atoms with Crippen molar-refractivity contribution in [3.63, 3.8) is 0 Å². The molecule has 1 rings (SSSR count). The van der Waals surface area contributed by atoms with E-state index in [4.69, 9.17) is 0 Å². The number of carbonyl (C=O) groups is 1. The highest BCUT2D eigenvalue weighted by Crippen LogP contribution is 2.37. The molecule has 0 heterocycles. The zero-order valence-corrected chi connectivity index (χ0v) is 34.2. The number of hydrogen-bond donors (Lipinski definition) is 0. The molecule has 0 aliphatic heterocycles. The lowest BCUT2D eigenvalue weighted by Gasteiger charge is -2.24. The molecule has 1 nitrogen and oxygen atoms in total. The second kappa shape index (κ2) is 25.5. The Morgan fingerprint density at radius 2 is 0.900 bits per heavy atom. The predicted molar refractivity (Wildman–Crippen MR) is 225 cm³/mol. The van der Waals surface area contributed by atoms with Crippen molar-refractivity contribution in [1.29, 1.82) is 0 Å². The number of carbonyl (C=O) groups excluding carboxylic acids is 1. The Hall–Kier alpha value is -3.45. The molecule has 0 aromatic carbocycles. The van der Waals surface area contributed by atoms with Gasteiger partial charge in [0, 0.05) is 11.1 Å². The van der Waals surface area contributed by atoms with Gasteiger partial charge in [0.05, 0.1) is 0 Å². The van der Waals surface area contributed by atoms with Gasteiger partial charge in [0.25, 0.3) is 0 Å². The molecule has 0 saturated carbocycles. The summed E-state index contributed by atoms with van der Waals surface area (Å²) in [6.07, 6.45) is 39.0. The van der Waals surface area contributed by atoms with Crippen LogP contribution in [-0.4, -0.2) is 5.78 Å². The minimum atomic E-state index is 0.0962. The van der Waals surface area contributed by atoms with E-state index in [9.17, 15) is 4.79 Å². The minimum absolute atomic E-state index is 0.0962. The number of hydrogen-bond acceptors (Lipinski definition) is 1. The maximum atomic E-state index is 13.0. The fourth-order valence-corrected chi connectivity index (χ4v) is 6.19. The highest BCUT2D eigenvalue weighted by atomic mass is 16.1. The first-order valence-corrected chi connectivity index (χ1v) is 19.3. The SMILES string of the molecule is C=C1C(=CC)C(C/C=C(\C)CC/C=C(\C)CC/C=C(\C)CC/C=C(\C)CC/C=C(\C)CC/C=C(\C)CCC=C(C)C)=C(C)C(=O)/C1=C/C=C\C. The molecule has 0 N–H and O–H groups in total. The molecule has 0 radical (unpaired) electrons. The maximum Gasteiger partial charge on any atom is 0.189 e. The standard InChI is InChI=1S/C49H72O/c1-13-15-34-48-44(11)46(14-2)47(45(12)49(48)50)36-35-43(10)33-21-32-42(9)31-20-30-41(8)29-19-28-40(7)27-18-26-39(6)25-17-24-38(5)23-16-22-37(3)4/h13-15,22,24,26,28,30,32,34-35H,11,16-21,23,25,27,29,31,33,36H2,1-10,12H3/b15-13-,38-24+,39-26+,40-28+,41-30+,42-32+,43-35+,46-14?,48-34+. The minimum Gasteiger partial charge on any atom is -0.289 e. The van der Waals surface area contributed by atoms with Crippen LogP contribution in [-0.2, 0) is 4.79 Å². The first-order valence-electron chi connectivity index (χ1n) is 19.3. The van der Waals surface area contributed by atoms with Gasteiger partial charge in [-0.05, 0) is 176 Å². The lowest BCUT2D eigenvalue weighted by Crippen LogP contribution is -2.17. The molecule has 50 heavy (non-hydrogen) atoms. The van der Waals surface area contributed by atoms with Gasteiger partial charge in [-0.15, -0.1) is 0 Å². The molecule has 0 atom stereocenters. The Morgan fingerprint density at radius 3 is 1.24 bits per heavy atom. The Morgan fingerprint density at radius 1 is 0.540 bits per heavy atom. The average molecular weight is 677 g/mol. The topological polar surface area (TPSA) is 17.1 Å². The molecule has 0 fully saturated rings. The lowest BCUT2D eigenvalue weighted by molar-refractivity contribution is -0.112. The molecule has 1 aliphatic carbocycles. The molecule has 1 heteroatoms. The van der Waals surface area contributed by atoms with Crippen molar-refractivity contribution in [3.8, 4) is 0 Å². The molecule has 0 aromatic rings. The molecular weight excluding hydrogens is 605 g/mol. The van der Waals surface area contributed by atoms with Gasteiger partial charge in [-0.1, -0.05) is 112 Å². The van der Waals surface area contributed by atoms with Gasteiger partial charge in [0.1, 0.15) is 0 Å². The van der Waals surface area contributed by atoms with Gasteiger partial charge in [-0.25, -0.2) is 0 Å². The second-order valence-electron chi connectivity index (χ2n) is 14.7. The molecule has 0 saturated heterocycles. The van der Waals surface area contributed by atoms with Crippen molar-refractivity contribution in [2.75, 3.05) is 0 Å². The lowest BCUT2D eigenvalue weighted by atomic mass is 9.78. The van der Waals surface area contributed by atoms with Crippen molar-refractivity contribution in [3.05, 3.63) is 140 Å². The van der Waals surface area contributed by atoms with Gasteiger partial charge >= 0.3 is 0 Å². The summed E-state index contributed by atoms with van der Waals surface area (Å²) in [6.45, 7) is 28.2. The van der Waals surface area contributed by atoms with Crippen LogP contribution in [0.5, 0.6) is 0 Å². The highest BCUT2D eigenvalue weighted by molar-refractivity contribution is 6.15. The van der Waals surface area contributed by atoms with Gasteiger partial charge in [0.2, 0.25) is 0 Å². The molecule has 0 aromatic heterocycles. The molecule has 0 bridgehead atoms. The van der Waals surface area contributed by atoms with Crippen LogP contribution < -0.4 is 0 Å². The summed E-state index contributed by atoms with van der Waals surface area (Å²) in [4.78, 5) is 13.0. The summed E-state index contributed by atoms with van der Waals surface area (Å²) in [5.74, 6) is 0.0962. The number of rotatable bonds is 21. The summed E-state index contributed by atoms with van der Waals surface area (Å²) in [7, 11) is 0. The Labute approximate surface area is 309 Å². The highest BCUT2D eigenvalue weighted by Gasteiger charge is 2.27. The van der Waals surface area contributed by atoms with Crippen LogP contribution in [0.25, 0.3) is 0 Å². The Kier molecular flexibility index (Phi) is 22.7. The van der Waals surface area contributed by atoms with Crippen molar-refractivity contribution < 1.29 is 4.79 Å². The summed E-state index contributed by atoms with van der Waals surface area (Å²) >= 11 is 0. The van der Waals surface area contributed by atoms with E-state index in [1.165, 1.54) is 51.9 Å². The largest absolute Gasteiger partial charge is 0.289 e. The monoisotopic (exact) mass is 677 g/mol. The van der Waals surface area contributed by atoms with Crippen LogP contribution in [0.3, 0.4) is 0 Å². The molecule has 1 aliphatic rings. The van der Waals surface area contributed by atoms with E-state index >= 15 is 0 Å². The molecule has 0 amide bonds. The van der Waals surface area contributed by atoms with Crippen molar-refractivity contribution >= 4 is 5.78 Å². The molecular formula is C49H72O. The van der Waals surface area contributed by atoms with E-state index in [1.54, 1.807) is 0 Å². The quantitative estimate of drug-likeness (QED) is 0.0873. The number of Topliss-reactive ketones (excluding diaryl/α,β-unsaturated/α-hetero) is 1. The van der Waals surface area contributed by atoms with Crippen molar-refractivity contribution in [1.82, 2.24) is 0 Å². The maximum absolute atomic E-state index is 13.0. The third kappa shape index (κ3) is 18.5. The first-order chi connectivity index (χ1) is 23.8. The van der Waals surface area contributed by atoms with E-state index in [1.807, 2.05) is 39.0 Å². The van der Waals surface area contributed by atoms with E-state index in [-0.39, 0.29) is 5.78 Å². The van der Waals surface area contributed by atoms with Gasteiger partial charge < -0.3 is 0 Å². The van der Waals surface area contributed by atoms with Crippen LogP contribution in [0, 0.1) is 0 Å². The summed E-state index contributed by atoms with van der Waals surface area (Å²) in [5.41, 5.74) is 14.9. The fourth-order valence-electron chi connectivity index (χ4n) is 6.19. The smallest absolute Gasteiger partial charge is 0.189 e. The zero-order valence-electron chi connectivity index (χ0n) is 34.2. The third-order valence-corrected chi connectivity index (χ3v) is 9.66. The van der Waals surface area contributed by atoms with Crippen LogP contribution in [0.1, 0.15) is 160 Å². The fraction of sp³-hybridized carbons (Fsp3) is 0.490. The van der Waals surface area contributed by atoms with E-state index in [2.05, 4.69) is 111 Å². The average Bonchev–Trinajstić information content (AvgIpc) is 3.05. The van der Waals surface area contributed by atoms with E-state index in [0.29, 0.717) is 5.57 Å². The van der Waals surface area contributed by atoms with Crippen LogP contribution in [0.15, 0.2) is 140 Å². The van der Waals surface area contributed by atoms with Gasteiger partial charge in [-0.2, -0.15) is 0 Å². The normalized spacial score (nSPS) is 17.7. The summed E-state index contributed by atoms with van der Waals surface area (Å²) < 4.78 is 0. The summed E-state index contributed by atoms with van der Waals surface area (Å²) in [5, 5.41) is 0. The zero-order chi connectivity index (χ0) is 37.5. The summed E-state index contributed by atoms with van der Waals surface area (Å²) in [6, 6.07) is 0. The Balaban J connectivity index is 2.44. The molecule has 0 spiro atoms. The molecule has 0 unspecified atom stereocenters. The first kappa shape index (κ1) is 44.6. The van der Waals surface area contributed by atoms with E-state index < -0.39 is 0 Å². The van der Waals surface area contributed by atoms with Crippen molar-refractivity contribution in [2.45, 2.75) is 160 Å². The van der Waals surface area contributed by atoms with Crippen molar-refractivity contribution in [2.24, 2.45) is 0 Å². The van der Waals surface area contributed by atoms with Gasteiger partial charge in [-0.3, -0.25) is 4.79 Å². The van der Waals surface area contributed by atoms with Crippen LogP contribution >= 0.6 is 0 Å².